The first-order chi connectivity index (χ1) is 5.07. The van der Waals surface area contributed by atoms with Crippen molar-refractivity contribution in [2.75, 3.05) is 0 Å². The molecule has 0 aromatic heterocycles. The molecule has 0 radical (unpaired) electrons. The molecule has 0 saturated carbocycles. The van der Waals surface area contributed by atoms with Crippen molar-refractivity contribution >= 4 is 18.3 Å². The molecule has 0 aliphatic carbocycles. The smallest absolute Gasteiger partial charge is 0.0464 e. The van der Waals surface area contributed by atoms with Crippen LogP contribution in [0.25, 0.3) is 0 Å². The van der Waals surface area contributed by atoms with E-state index in [1.807, 2.05) is 20.8 Å². The molecule has 0 amide bonds. The number of thiol groups is 1. The SMILES string of the molecule is CCC/C(S)=C(\C)N=C(C)C. The maximum Gasteiger partial charge on any atom is 0.0464 e. The van der Waals surface area contributed by atoms with Gasteiger partial charge in [0.25, 0.3) is 0 Å². The first-order valence-electron chi connectivity index (χ1n) is 3.98. The third kappa shape index (κ3) is 5.08. The van der Waals surface area contributed by atoms with Gasteiger partial charge >= 0.3 is 0 Å². The molecule has 2 heteroatoms. The predicted molar refractivity (Wildman–Crippen MR) is 55.4 cm³/mol. The van der Waals surface area contributed by atoms with E-state index in [9.17, 15) is 0 Å². The molecule has 64 valence electrons. The lowest BCUT2D eigenvalue weighted by Crippen LogP contribution is -1.84. The lowest BCUT2D eigenvalue weighted by atomic mass is 10.3. The summed E-state index contributed by atoms with van der Waals surface area (Å²) in [6.45, 7) is 8.14. The van der Waals surface area contributed by atoms with Gasteiger partial charge < -0.3 is 0 Å². The van der Waals surface area contributed by atoms with Crippen molar-refractivity contribution in [1.29, 1.82) is 0 Å². The Balaban J connectivity index is 4.27. The maximum atomic E-state index is 4.35. The fourth-order valence-electron chi connectivity index (χ4n) is 0.818. The zero-order valence-corrected chi connectivity index (χ0v) is 8.70. The van der Waals surface area contributed by atoms with Gasteiger partial charge in [-0.1, -0.05) is 13.3 Å². The minimum absolute atomic E-state index is 1.03. The second-order valence-corrected chi connectivity index (χ2v) is 3.38. The number of hydrogen-bond donors (Lipinski definition) is 1. The third-order valence-electron chi connectivity index (χ3n) is 1.30. The van der Waals surface area contributed by atoms with Crippen molar-refractivity contribution < 1.29 is 0 Å². The molecular formula is C9H17NS. The highest BCUT2D eigenvalue weighted by Crippen LogP contribution is 2.15. The molecule has 0 atom stereocenters. The number of aliphatic imine (C=N–C) groups is 1. The summed E-state index contributed by atoms with van der Waals surface area (Å²) in [6.07, 6.45) is 2.17. The minimum Gasteiger partial charge on any atom is -0.262 e. The average molecular weight is 171 g/mol. The first kappa shape index (κ1) is 10.8. The summed E-state index contributed by atoms with van der Waals surface area (Å²) in [5.41, 5.74) is 2.14. The molecule has 11 heavy (non-hydrogen) atoms. The van der Waals surface area contributed by atoms with Crippen LogP contribution in [0.15, 0.2) is 15.6 Å². The summed E-state index contributed by atoms with van der Waals surface area (Å²) in [5, 5.41) is 0. The van der Waals surface area contributed by atoms with Gasteiger partial charge in [-0.05, 0) is 27.2 Å². The largest absolute Gasteiger partial charge is 0.262 e. The van der Waals surface area contributed by atoms with Gasteiger partial charge in [-0.2, -0.15) is 0 Å². The fourth-order valence-corrected chi connectivity index (χ4v) is 1.09. The lowest BCUT2D eigenvalue weighted by molar-refractivity contribution is 0.934. The van der Waals surface area contributed by atoms with Gasteiger partial charge in [0.15, 0.2) is 0 Å². The number of hydrogen-bond acceptors (Lipinski definition) is 2. The Labute approximate surface area is 75.0 Å². The number of nitrogens with zero attached hydrogens (tertiary/aromatic N) is 1. The molecule has 0 unspecified atom stereocenters. The van der Waals surface area contributed by atoms with E-state index in [1.54, 1.807) is 0 Å². The Morgan fingerprint density at radius 3 is 2.18 bits per heavy atom. The molecule has 0 saturated heterocycles. The van der Waals surface area contributed by atoms with Gasteiger partial charge in [-0.25, -0.2) is 0 Å². The van der Waals surface area contributed by atoms with E-state index in [4.69, 9.17) is 0 Å². The molecule has 0 aliphatic rings. The summed E-state index contributed by atoms with van der Waals surface area (Å²) < 4.78 is 0. The van der Waals surface area contributed by atoms with Crippen molar-refractivity contribution in [2.45, 2.75) is 40.5 Å². The van der Waals surface area contributed by atoms with Crippen LogP contribution in [0.3, 0.4) is 0 Å². The quantitative estimate of drug-likeness (QED) is 0.493. The highest BCUT2D eigenvalue weighted by atomic mass is 32.1. The zero-order chi connectivity index (χ0) is 8.85. The van der Waals surface area contributed by atoms with E-state index in [0.717, 1.165) is 29.2 Å². The molecule has 0 N–H and O–H groups in total. The van der Waals surface area contributed by atoms with Crippen molar-refractivity contribution in [2.24, 2.45) is 4.99 Å². The van der Waals surface area contributed by atoms with Crippen LogP contribution in [0, 0.1) is 0 Å². The summed E-state index contributed by atoms with van der Waals surface area (Å²) in [6, 6.07) is 0. The number of allylic oxidation sites excluding steroid dienone is 2. The second kappa shape index (κ2) is 5.42. The molecule has 0 rings (SSSR count). The van der Waals surface area contributed by atoms with Crippen LogP contribution in [-0.2, 0) is 0 Å². The summed E-state index contributed by atoms with van der Waals surface area (Å²) >= 11 is 4.35. The summed E-state index contributed by atoms with van der Waals surface area (Å²) in [4.78, 5) is 5.42. The fraction of sp³-hybridized carbons (Fsp3) is 0.667. The topological polar surface area (TPSA) is 12.4 Å². The van der Waals surface area contributed by atoms with Crippen LogP contribution in [-0.4, -0.2) is 5.71 Å². The van der Waals surface area contributed by atoms with Gasteiger partial charge in [-0.15, -0.1) is 12.6 Å². The highest BCUT2D eigenvalue weighted by Gasteiger charge is 1.94. The summed E-state index contributed by atoms with van der Waals surface area (Å²) in [7, 11) is 0. The van der Waals surface area contributed by atoms with E-state index in [0.29, 0.717) is 0 Å². The molecule has 0 heterocycles. The predicted octanol–water partition coefficient (Wildman–Crippen LogP) is 3.43. The lowest BCUT2D eigenvalue weighted by Gasteiger charge is -2.00. The highest BCUT2D eigenvalue weighted by molar-refractivity contribution is 7.84. The van der Waals surface area contributed by atoms with Crippen LogP contribution < -0.4 is 0 Å². The Hall–Kier alpha value is -0.240. The molecule has 0 fully saturated rings. The standard InChI is InChI=1S/C9H17NS/c1-5-6-9(11)8(4)10-7(2)3/h11H,5-6H2,1-4H3/b9-8-. The van der Waals surface area contributed by atoms with Crippen LogP contribution in [0.4, 0.5) is 0 Å². The monoisotopic (exact) mass is 171 g/mol. The van der Waals surface area contributed by atoms with Crippen LogP contribution in [0.5, 0.6) is 0 Å². The average Bonchev–Trinajstić information content (AvgIpc) is 1.86. The van der Waals surface area contributed by atoms with Crippen LogP contribution in [0.2, 0.25) is 0 Å². The van der Waals surface area contributed by atoms with Crippen LogP contribution >= 0.6 is 12.6 Å². The van der Waals surface area contributed by atoms with Crippen molar-refractivity contribution in [1.82, 2.24) is 0 Å². The Morgan fingerprint density at radius 1 is 1.27 bits per heavy atom. The molecule has 1 nitrogen and oxygen atoms in total. The molecule has 0 aromatic rings. The maximum absolute atomic E-state index is 4.35. The first-order valence-corrected chi connectivity index (χ1v) is 4.43. The van der Waals surface area contributed by atoms with E-state index >= 15 is 0 Å². The van der Waals surface area contributed by atoms with E-state index in [-0.39, 0.29) is 0 Å². The Morgan fingerprint density at radius 2 is 1.82 bits per heavy atom. The zero-order valence-electron chi connectivity index (χ0n) is 7.81. The van der Waals surface area contributed by atoms with E-state index in [1.165, 1.54) is 0 Å². The Bertz CT molecular complexity index is 176. The molecule has 0 aliphatic heterocycles. The van der Waals surface area contributed by atoms with Gasteiger partial charge in [-0.3, -0.25) is 4.99 Å². The minimum atomic E-state index is 1.03. The van der Waals surface area contributed by atoms with Crippen molar-refractivity contribution in [3.8, 4) is 0 Å². The van der Waals surface area contributed by atoms with Crippen molar-refractivity contribution in [3.05, 3.63) is 10.6 Å². The normalized spacial score (nSPS) is 12.5. The molecule has 0 spiro atoms. The molecule has 0 aromatic carbocycles. The third-order valence-corrected chi connectivity index (χ3v) is 1.84. The summed E-state index contributed by atoms with van der Waals surface area (Å²) in [5.74, 6) is 0. The molecule has 0 bridgehead atoms. The van der Waals surface area contributed by atoms with Gasteiger partial charge in [0.1, 0.15) is 0 Å². The van der Waals surface area contributed by atoms with E-state index in [2.05, 4.69) is 24.5 Å². The van der Waals surface area contributed by atoms with Gasteiger partial charge in [0.05, 0.1) is 0 Å². The van der Waals surface area contributed by atoms with Gasteiger partial charge in [0, 0.05) is 16.3 Å². The van der Waals surface area contributed by atoms with Crippen molar-refractivity contribution in [3.63, 3.8) is 0 Å². The van der Waals surface area contributed by atoms with Gasteiger partial charge in [0.2, 0.25) is 0 Å². The van der Waals surface area contributed by atoms with E-state index < -0.39 is 0 Å². The second-order valence-electron chi connectivity index (χ2n) is 2.84. The van der Waals surface area contributed by atoms with Crippen LogP contribution in [0.1, 0.15) is 40.5 Å². The Kier molecular flexibility index (Phi) is 5.30. The number of rotatable bonds is 3. The molecular weight excluding hydrogens is 154 g/mol.